The third-order valence-corrected chi connectivity index (χ3v) is 5.19. The van der Waals surface area contributed by atoms with Crippen LogP contribution in [0.1, 0.15) is 29.9 Å². The van der Waals surface area contributed by atoms with Gasteiger partial charge in [0.2, 0.25) is 0 Å². The molecule has 4 rings (SSSR count). The summed E-state index contributed by atoms with van der Waals surface area (Å²) in [4.78, 5) is 30.7. The summed E-state index contributed by atoms with van der Waals surface area (Å²) >= 11 is 0. The molecular weight excluding hydrogens is 390 g/mol. The number of carbonyl (C=O) groups is 1. The number of fused-ring (bicyclic) bond motifs is 1. The molecule has 31 heavy (non-hydrogen) atoms. The number of pyridine rings is 1. The summed E-state index contributed by atoms with van der Waals surface area (Å²) in [6.07, 6.45) is 0. The van der Waals surface area contributed by atoms with Crippen molar-refractivity contribution in [2.45, 2.75) is 26.8 Å². The Kier molecular flexibility index (Phi) is 5.33. The zero-order valence-electron chi connectivity index (χ0n) is 18.0. The van der Waals surface area contributed by atoms with Crippen LogP contribution in [0.2, 0.25) is 0 Å². The summed E-state index contributed by atoms with van der Waals surface area (Å²) in [6, 6.07) is 18.6. The van der Waals surface area contributed by atoms with E-state index < -0.39 is 0 Å². The highest BCUT2D eigenvalue weighted by atomic mass is 16.2. The molecule has 0 atom stereocenters. The first-order chi connectivity index (χ1) is 14.9. The van der Waals surface area contributed by atoms with Crippen LogP contribution in [0.15, 0.2) is 65.5 Å². The number of hydrogen-bond donors (Lipinski definition) is 2. The van der Waals surface area contributed by atoms with Crippen LogP contribution in [0.5, 0.6) is 0 Å². The first-order valence-corrected chi connectivity index (χ1v) is 10.2. The lowest BCUT2D eigenvalue weighted by Gasteiger charge is -2.13. The van der Waals surface area contributed by atoms with E-state index in [9.17, 15) is 9.59 Å². The quantitative estimate of drug-likeness (QED) is 0.518. The van der Waals surface area contributed by atoms with Crippen LogP contribution >= 0.6 is 0 Å². The molecule has 0 radical (unpaired) electrons. The monoisotopic (exact) mass is 415 g/mol. The highest BCUT2D eigenvalue weighted by molar-refractivity contribution is 6.07. The molecular formula is C24H25N5O2. The number of nitrogens with one attached hydrogen (secondary N) is 2. The van der Waals surface area contributed by atoms with E-state index in [1.807, 2.05) is 82.4 Å². The van der Waals surface area contributed by atoms with Crippen LogP contribution in [0.25, 0.3) is 16.6 Å². The standard InChI is InChI=1S/C24H25N5O2/c1-15(2)25-23(30)19-14-21(26-20-13-9-8-12-18(19)20)27-22-16(3)28(4)29(24(22)31)17-10-6-5-7-11-17/h5-15H,1-4H3,(H,25,30)(H,26,27). The second-order valence-electron chi connectivity index (χ2n) is 7.76. The molecule has 0 aliphatic rings. The number of benzene rings is 2. The molecule has 4 aromatic rings. The Morgan fingerprint density at radius 1 is 1.03 bits per heavy atom. The number of carbonyl (C=O) groups excluding carboxylic acids is 1. The average Bonchev–Trinajstić information content (AvgIpc) is 2.96. The number of anilines is 2. The summed E-state index contributed by atoms with van der Waals surface area (Å²) < 4.78 is 3.40. The fourth-order valence-corrected chi connectivity index (χ4v) is 3.61. The topological polar surface area (TPSA) is 81.0 Å². The van der Waals surface area contributed by atoms with Crippen molar-refractivity contribution in [1.29, 1.82) is 0 Å². The van der Waals surface area contributed by atoms with E-state index in [0.29, 0.717) is 22.6 Å². The molecule has 7 heteroatoms. The van der Waals surface area contributed by atoms with Gasteiger partial charge in [0.1, 0.15) is 11.5 Å². The second-order valence-corrected chi connectivity index (χ2v) is 7.76. The lowest BCUT2D eigenvalue weighted by atomic mass is 10.1. The highest BCUT2D eigenvalue weighted by Crippen LogP contribution is 2.24. The average molecular weight is 415 g/mol. The van der Waals surface area contributed by atoms with Crippen molar-refractivity contribution < 1.29 is 4.79 Å². The van der Waals surface area contributed by atoms with Gasteiger partial charge in [0.25, 0.3) is 11.5 Å². The molecule has 0 fully saturated rings. The molecule has 0 aliphatic carbocycles. The van der Waals surface area contributed by atoms with Crippen molar-refractivity contribution in [2.75, 3.05) is 5.32 Å². The van der Waals surface area contributed by atoms with Crippen molar-refractivity contribution in [2.24, 2.45) is 7.05 Å². The van der Waals surface area contributed by atoms with E-state index in [1.165, 1.54) is 0 Å². The third-order valence-electron chi connectivity index (χ3n) is 5.19. The summed E-state index contributed by atoms with van der Waals surface area (Å²) in [5, 5.41) is 6.86. The second kappa shape index (κ2) is 8.10. The Morgan fingerprint density at radius 2 is 1.71 bits per heavy atom. The maximum absolute atomic E-state index is 13.2. The number of aromatic nitrogens is 3. The Hall–Kier alpha value is -3.87. The van der Waals surface area contributed by atoms with Crippen molar-refractivity contribution >= 4 is 28.3 Å². The minimum absolute atomic E-state index is 0.00489. The third kappa shape index (κ3) is 3.82. The minimum Gasteiger partial charge on any atom is -0.350 e. The predicted molar refractivity (Wildman–Crippen MR) is 123 cm³/mol. The van der Waals surface area contributed by atoms with Crippen LogP contribution in [0, 0.1) is 6.92 Å². The van der Waals surface area contributed by atoms with Gasteiger partial charge in [-0.25, -0.2) is 9.67 Å². The van der Waals surface area contributed by atoms with Crippen LogP contribution in [-0.4, -0.2) is 26.3 Å². The summed E-state index contributed by atoms with van der Waals surface area (Å²) in [7, 11) is 1.84. The van der Waals surface area contributed by atoms with Crippen molar-refractivity contribution in [3.05, 3.63) is 82.3 Å². The van der Waals surface area contributed by atoms with Gasteiger partial charge in [-0.2, -0.15) is 0 Å². The van der Waals surface area contributed by atoms with Crippen molar-refractivity contribution in [3.8, 4) is 5.69 Å². The van der Waals surface area contributed by atoms with Gasteiger partial charge in [-0.15, -0.1) is 0 Å². The molecule has 0 unspecified atom stereocenters. The molecule has 0 saturated carbocycles. The Balaban J connectivity index is 1.81. The van der Waals surface area contributed by atoms with E-state index in [4.69, 9.17) is 0 Å². The minimum atomic E-state index is -0.186. The maximum atomic E-state index is 13.2. The molecule has 0 bridgehead atoms. The van der Waals surface area contributed by atoms with Crippen LogP contribution < -0.4 is 16.2 Å². The van der Waals surface area contributed by atoms with Crippen molar-refractivity contribution in [1.82, 2.24) is 19.7 Å². The number of amides is 1. The largest absolute Gasteiger partial charge is 0.350 e. The first kappa shape index (κ1) is 20.4. The summed E-state index contributed by atoms with van der Waals surface area (Å²) in [6.45, 7) is 5.70. The molecule has 2 aromatic heterocycles. The van der Waals surface area contributed by atoms with E-state index in [-0.39, 0.29) is 17.5 Å². The van der Waals surface area contributed by atoms with Gasteiger partial charge in [-0.3, -0.25) is 14.3 Å². The Morgan fingerprint density at radius 3 is 2.42 bits per heavy atom. The SMILES string of the molecule is Cc1c(Nc2cc(C(=O)NC(C)C)c3ccccc3n2)c(=O)n(-c2ccccc2)n1C. The van der Waals surface area contributed by atoms with E-state index in [0.717, 1.165) is 16.8 Å². The van der Waals surface area contributed by atoms with Gasteiger partial charge in [0, 0.05) is 18.5 Å². The molecule has 0 spiro atoms. The Bertz CT molecular complexity index is 1320. The number of hydrogen-bond acceptors (Lipinski definition) is 4. The first-order valence-electron chi connectivity index (χ1n) is 10.2. The van der Waals surface area contributed by atoms with Crippen LogP contribution in [0.4, 0.5) is 11.5 Å². The molecule has 2 N–H and O–H groups in total. The molecule has 0 aliphatic heterocycles. The summed E-state index contributed by atoms with van der Waals surface area (Å²) in [5.74, 6) is 0.266. The van der Waals surface area contributed by atoms with Gasteiger partial charge in [-0.1, -0.05) is 36.4 Å². The predicted octanol–water partition coefficient (Wildman–Crippen LogP) is 3.91. The highest BCUT2D eigenvalue weighted by Gasteiger charge is 2.19. The normalized spacial score (nSPS) is 11.1. The van der Waals surface area contributed by atoms with Crippen LogP contribution in [-0.2, 0) is 7.05 Å². The van der Waals surface area contributed by atoms with Gasteiger partial charge in [0.05, 0.1) is 22.5 Å². The molecule has 7 nitrogen and oxygen atoms in total. The van der Waals surface area contributed by atoms with Crippen LogP contribution in [0.3, 0.4) is 0 Å². The Labute approximate surface area is 180 Å². The molecule has 158 valence electrons. The molecule has 0 saturated heterocycles. The van der Waals surface area contributed by atoms with E-state index >= 15 is 0 Å². The summed E-state index contributed by atoms with van der Waals surface area (Å²) in [5.41, 5.74) is 2.96. The molecule has 2 aromatic carbocycles. The van der Waals surface area contributed by atoms with Gasteiger partial charge < -0.3 is 10.6 Å². The lowest BCUT2D eigenvalue weighted by Crippen LogP contribution is -2.30. The van der Waals surface area contributed by atoms with Gasteiger partial charge in [-0.05, 0) is 45.0 Å². The number of nitrogens with zero attached hydrogens (tertiary/aromatic N) is 3. The van der Waals surface area contributed by atoms with Crippen molar-refractivity contribution in [3.63, 3.8) is 0 Å². The van der Waals surface area contributed by atoms with E-state index in [1.54, 1.807) is 15.4 Å². The number of rotatable bonds is 5. The van der Waals surface area contributed by atoms with Gasteiger partial charge in [0.15, 0.2) is 0 Å². The number of para-hydroxylation sites is 2. The maximum Gasteiger partial charge on any atom is 0.295 e. The lowest BCUT2D eigenvalue weighted by molar-refractivity contribution is 0.0945. The molecule has 1 amide bonds. The van der Waals surface area contributed by atoms with E-state index in [2.05, 4.69) is 15.6 Å². The molecule has 2 heterocycles. The zero-order valence-corrected chi connectivity index (χ0v) is 18.0. The zero-order chi connectivity index (χ0) is 22.1. The smallest absolute Gasteiger partial charge is 0.295 e. The fourth-order valence-electron chi connectivity index (χ4n) is 3.61. The fraction of sp³-hybridized carbons (Fsp3) is 0.208. The van der Waals surface area contributed by atoms with Gasteiger partial charge >= 0.3 is 0 Å².